The van der Waals surface area contributed by atoms with Crippen LogP contribution in [0.3, 0.4) is 0 Å². The summed E-state index contributed by atoms with van der Waals surface area (Å²) in [7, 11) is 1.75. The maximum absolute atomic E-state index is 16.0. The van der Waals surface area contributed by atoms with Crippen molar-refractivity contribution in [3.63, 3.8) is 0 Å². The number of pyridine rings is 1. The van der Waals surface area contributed by atoms with Crippen LogP contribution in [-0.2, 0) is 17.9 Å². The highest BCUT2D eigenvalue weighted by atomic mass is 32.1. The van der Waals surface area contributed by atoms with Gasteiger partial charge in [-0.1, -0.05) is 12.6 Å². The average molecular weight is 656 g/mol. The van der Waals surface area contributed by atoms with E-state index in [4.69, 9.17) is 14.8 Å². The van der Waals surface area contributed by atoms with E-state index in [1.54, 1.807) is 22.9 Å². The lowest BCUT2D eigenvalue weighted by atomic mass is 9.95. The molecule has 5 aromatic rings. The second kappa shape index (κ2) is 11.7. The van der Waals surface area contributed by atoms with E-state index >= 15 is 4.39 Å². The van der Waals surface area contributed by atoms with Gasteiger partial charge in [0.05, 0.1) is 35.6 Å². The summed E-state index contributed by atoms with van der Waals surface area (Å²) in [5.41, 5.74) is 4.81. The number of fused-ring (bicyclic) bond motifs is 3. The molecule has 2 aromatic carbocycles. The van der Waals surface area contributed by atoms with E-state index in [0.29, 0.717) is 52.5 Å². The number of aliphatic hydroxyl groups excluding tert-OH is 1. The lowest BCUT2D eigenvalue weighted by Gasteiger charge is -2.33. The molecule has 0 bridgehead atoms. The van der Waals surface area contributed by atoms with Gasteiger partial charge in [0.2, 0.25) is 5.91 Å². The molecule has 2 amide bonds. The van der Waals surface area contributed by atoms with Crippen molar-refractivity contribution in [3.8, 4) is 39.5 Å². The monoisotopic (exact) mass is 655 g/mol. The second-order valence-electron chi connectivity index (χ2n) is 11.9. The highest BCUT2D eigenvalue weighted by Crippen LogP contribution is 2.47. The Bertz CT molecular complexity index is 2110. The van der Waals surface area contributed by atoms with Gasteiger partial charge in [0, 0.05) is 59.0 Å². The van der Waals surface area contributed by atoms with Gasteiger partial charge in [0.25, 0.3) is 5.91 Å². The van der Waals surface area contributed by atoms with Crippen LogP contribution in [0, 0.1) is 11.6 Å². The molecule has 0 aliphatic carbocycles. The Morgan fingerprint density at radius 2 is 1.98 bits per heavy atom. The van der Waals surface area contributed by atoms with Crippen molar-refractivity contribution in [3.05, 3.63) is 89.0 Å². The van der Waals surface area contributed by atoms with Crippen molar-refractivity contribution >= 4 is 33.2 Å². The smallest absolute Gasteiger partial charge is 0.254 e. The van der Waals surface area contributed by atoms with Gasteiger partial charge in [-0.05, 0) is 55.1 Å². The van der Waals surface area contributed by atoms with Crippen LogP contribution in [0.5, 0.6) is 5.75 Å². The van der Waals surface area contributed by atoms with Crippen LogP contribution in [0.15, 0.2) is 60.5 Å². The number of thiophene rings is 1. The number of halogens is 2. The van der Waals surface area contributed by atoms with Crippen LogP contribution >= 0.6 is 11.3 Å². The normalized spacial score (nSPS) is 16.4. The zero-order valence-corrected chi connectivity index (χ0v) is 26.8. The van der Waals surface area contributed by atoms with E-state index in [1.807, 2.05) is 41.3 Å². The Balaban J connectivity index is 1.49. The number of carbonyl (C=O) groups excluding carboxylic acids is 2. The molecular formula is C35H31F2N5O4S. The van der Waals surface area contributed by atoms with E-state index in [9.17, 15) is 19.1 Å². The van der Waals surface area contributed by atoms with Crippen molar-refractivity contribution in [1.29, 1.82) is 0 Å². The summed E-state index contributed by atoms with van der Waals surface area (Å²) in [6.45, 7) is 8.21. The summed E-state index contributed by atoms with van der Waals surface area (Å²) in [5, 5.41) is 17.5. The van der Waals surface area contributed by atoms with Crippen LogP contribution in [0.25, 0.3) is 43.9 Å². The Morgan fingerprint density at radius 3 is 2.74 bits per heavy atom. The molecule has 2 aliphatic rings. The van der Waals surface area contributed by atoms with Crippen molar-refractivity contribution in [2.75, 3.05) is 20.2 Å². The van der Waals surface area contributed by atoms with Crippen LogP contribution in [0.1, 0.15) is 41.5 Å². The molecule has 47 heavy (non-hydrogen) atoms. The molecule has 2 aliphatic heterocycles. The first-order valence-electron chi connectivity index (χ1n) is 15.2. The number of aliphatic hydroxyl groups is 1. The fourth-order valence-corrected chi connectivity index (χ4v) is 7.38. The van der Waals surface area contributed by atoms with Crippen LogP contribution in [0.2, 0.25) is 0 Å². The maximum Gasteiger partial charge on any atom is 0.254 e. The largest absolute Gasteiger partial charge is 0.490 e. The molecule has 5 heterocycles. The zero-order valence-electron chi connectivity index (χ0n) is 26.0. The molecule has 9 nitrogen and oxygen atoms in total. The molecule has 240 valence electrons. The number of amides is 2. The minimum atomic E-state index is -0.885. The SMILES string of the molecule is C=CC(=O)N1CCn2nc(-c3nc(-c4ccc5c(c4)CN(C)C5=O)c4ccsc4c3-c3c(F)cc(F)cc3OC[C@@H](C)O)cc2[C@H]1C. The number of nitrogens with zero attached hydrogens (tertiary/aromatic N) is 5. The lowest BCUT2D eigenvalue weighted by molar-refractivity contribution is -0.129. The van der Waals surface area contributed by atoms with Crippen molar-refractivity contribution in [2.24, 2.45) is 0 Å². The standard InChI is InChI=1S/C35H31F2N5O4S/c1-5-29(44)41-9-10-42-27(19(41)3)15-26(39-42)33-31(30-25(37)13-22(36)14-28(30)46-17-18(2)43)34-24(8-11-47-34)32(38-33)20-6-7-23-21(12-20)16-40(4)35(23)45/h5-8,11-15,18-19,43H,1,9-10,16-17H2,2-4H3/t18-,19-/m1/s1. The maximum atomic E-state index is 16.0. The molecule has 1 N–H and O–H groups in total. The number of benzene rings is 2. The molecule has 3 aromatic heterocycles. The van der Waals surface area contributed by atoms with Gasteiger partial charge in [0.15, 0.2) is 0 Å². The van der Waals surface area contributed by atoms with E-state index < -0.39 is 17.7 Å². The van der Waals surface area contributed by atoms with Crippen LogP contribution < -0.4 is 4.74 Å². The molecule has 0 spiro atoms. The molecule has 0 fully saturated rings. The third kappa shape index (κ3) is 5.17. The predicted molar refractivity (Wildman–Crippen MR) is 175 cm³/mol. The van der Waals surface area contributed by atoms with Gasteiger partial charge in [0.1, 0.15) is 35.4 Å². The average Bonchev–Trinajstić information content (AvgIpc) is 3.77. The van der Waals surface area contributed by atoms with Gasteiger partial charge in [-0.2, -0.15) is 5.10 Å². The summed E-state index contributed by atoms with van der Waals surface area (Å²) < 4.78 is 39.0. The van der Waals surface area contributed by atoms with Gasteiger partial charge in [-0.15, -0.1) is 11.3 Å². The highest BCUT2D eigenvalue weighted by molar-refractivity contribution is 7.18. The molecular weight excluding hydrogens is 624 g/mol. The third-order valence-corrected chi connectivity index (χ3v) is 9.61. The highest BCUT2D eigenvalue weighted by Gasteiger charge is 2.32. The number of aromatic nitrogens is 3. The minimum Gasteiger partial charge on any atom is -0.490 e. The second-order valence-corrected chi connectivity index (χ2v) is 12.8. The Morgan fingerprint density at radius 1 is 1.17 bits per heavy atom. The Labute approximate surface area is 273 Å². The molecule has 0 radical (unpaired) electrons. The molecule has 2 atom stereocenters. The van der Waals surface area contributed by atoms with Gasteiger partial charge in [-0.3, -0.25) is 14.3 Å². The topological polar surface area (TPSA) is 101 Å². The van der Waals surface area contributed by atoms with Crippen molar-refractivity contribution < 1.29 is 28.2 Å². The molecule has 0 saturated carbocycles. The van der Waals surface area contributed by atoms with E-state index in [0.717, 1.165) is 34.3 Å². The lowest BCUT2D eigenvalue weighted by Crippen LogP contribution is -2.40. The van der Waals surface area contributed by atoms with Crippen molar-refractivity contribution in [2.45, 2.75) is 39.1 Å². The van der Waals surface area contributed by atoms with Gasteiger partial charge >= 0.3 is 0 Å². The summed E-state index contributed by atoms with van der Waals surface area (Å²) in [4.78, 5) is 33.7. The van der Waals surface area contributed by atoms with Crippen LogP contribution in [-0.4, -0.2) is 67.8 Å². The molecule has 12 heteroatoms. The Kier molecular flexibility index (Phi) is 7.64. The summed E-state index contributed by atoms with van der Waals surface area (Å²) >= 11 is 1.38. The fourth-order valence-electron chi connectivity index (χ4n) is 6.43. The van der Waals surface area contributed by atoms with E-state index in [2.05, 4.69) is 6.58 Å². The van der Waals surface area contributed by atoms with Crippen LogP contribution in [0.4, 0.5) is 8.78 Å². The Hall–Kier alpha value is -4.94. The molecule has 0 unspecified atom stereocenters. The first-order valence-corrected chi connectivity index (χ1v) is 16.0. The van der Waals surface area contributed by atoms with Gasteiger partial charge < -0.3 is 19.6 Å². The summed E-state index contributed by atoms with van der Waals surface area (Å²) in [6, 6.07) is 10.9. The van der Waals surface area contributed by atoms with E-state index in [-0.39, 0.29) is 35.8 Å². The summed E-state index contributed by atoms with van der Waals surface area (Å²) in [5.74, 6) is -1.99. The zero-order chi connectivity index (χ0) is 33.1. The number of hydrogen-bond donors (Lipinski definition) is 1. The number of hydrogen-bond acceptors (Lipinski definition) is 7. The number of ether oxygens (including phenoxy) is 1. The number of rotatable bonds is 7. The van der Waals surface area contributed by atoms with Crippen molar-refractivity contribution in [1.82, 2.24) is 24.6 Å². The minimum absolute atomic E-state index is 0.00259. The quantitative estimate of drug-likeness (QED) is 0.210. The molecule has 7 rings (SSSR count). The number of carbonyl (C=O) groups is 2. The van der Waals surface area contributed by atoms with E-state index in [1.165, 1.54) is 24.3 Å². The predicted octanol–water partition coefficient (Wildman–Crippen LogP) is 6.21. The fraction of sp³-hybridized carbons (Fsp3) is 0.257. The van der Waals surface area contributed by atoms with Gasteiger partial charge in [-0.25, -0.2) is 13.8 Å². The first-order chi connectivity index (χ1) is 22.5. The third-order valence-electron chi connectivity index (χ3n) is 8.68. The summed E-state index contributed by atoms with van der Waals surface area (Å²) in [6.07, 6.45) is 0.401. The first kappa shape index (κ1) is 30.7. The molecule has 0 saturated heterocycles.